The second kappa shape index (κ2) is 9.17. The van der Waals surface area contributed by atoms with Crippen molar-refractivity contribution in [2.24, 2.45) is 0 Å². The maximum atomic E-state index is 12.7. The number of likely N-dealkylation sites (N-methyl/N-ethyl adjacent to an activating group) is 1. The fourth-order valence-corrected chi connectivity index (χ4v) is 2.99. The Hall–Kier alpha value is -3.74. The van der Waals surface area contributed by atoms with Gasteiger partial charge in [-0.1, -0.05) is 42.5 Å². The molecular formula is C23H24N4O3. The van der Waals surface area contributed by atoms with Gasteiger partial charge in [-0.25, -0.2) is 4.68 Å². The van der Waals surface area contributed by atoms with E-state index in [9.17, 15) is 14.4 Å². The first-order valence-electron chi connectivity index (χ1n) is 9.59. The molecule has 7 heteroatoms. The molecule has 154 valence electrons. The molecule has 0 aliphatic heterocycles. The predicted molar refractivity (Wildman–Crippen MR) is 116 cm³/mol. The summed E-state index contributed by atoms with van der Waals surface area (Å²) in [5.41, 5.74) is 3.48. The maximum Gasteiger partial charge on any atom is 0.274 e. The van der Waals surface area contributed by atoms with Crippen LogP contribution in [0.3, 0.4) is 0 Å². The highest BCUT2D eigenvalue weighted by Crippen LogP contribution is 2.17. The molecule has 1 N–H and O–H groups in total. The molecule has 3 rings (SSSR count). The van der Waals surface area contributed by atoms with Gasteiger partial charge in [0.1, 0.15) is 5.69 Å². The maximum absolute atomic E-state index is 12.7. The molecule has 0 radical (unpaired) electrons. The van der Waals surface area contributed by atoms with Crippen LogP contribution in [-0.4, -0.2) is 40.1 Å². The Morgan fingerprint density at radius 1 is 1.00 bits per heavy atom. The average molecular weight is 404 g/mol. The van der Waals surface area contributed by atoms with E-state index in [0.717, 1.165) is 22.4 Å². The summed E-state index contributed by atoms with van der Waals surface area (Å²) in [6.07, 6.45) is 0. The monoisotopic (exact) mass is 404 g/mol. The number of nitrogens with one attached hydrogen (secondary N) is 1. The summed E-state index contributed by atoms with van der Waals surface area (Å²) in [7, 11) is 1.53. The topological polar surface area (TPSA) is 84.3 Å². The van der Waals surface area contributed by atoms with Gasteiger partial charge in [-0.3, -0.25) is 14.4 Å². The number of hydrogen-bond donors (Lipinski definition) is 1. The largest absolute Gasteiger partial charge is 0.331 e. The van der Waals surface area contributed by atoms with E-state index >= 15 is 0 Å². The van der Waals surface area contributed by atoms with E-state index in [1.54, 1.807) is 0 Å². The van der Waals surface area contributed by atoms with Crippen LogP contribution >= 0.6 is 0 Å². The summed E-state index contributed by atoms with van der Waals surface area (Å²) in [6.45, 7) is 4.03. The Kier molecular flexibility index (Phi) is 6.41. The van der Waals surface area contributed by atoms with Gasteiger partial charge in [0.15, 0.2) is 0 Å². The smallest absolute Gasteiger partial charge is 0.274 e. The molecular weight excluding hydrogens is 380 g/mol. The molecule has 1 aromatic heterocycles. The van der Waals surface area contributed by atoms with Gasteiger partial charge in [-0.05, 0) is 42.7 Å². The molecule has 30 heavy (non-hydrogen) atoms. The van der Waals surface area contributed by atoms with E-state index in [0.29, 0.717) is 0 Å². The standard InChI is InChI=1S/C23H24N4O3/c1-16-8-7-11-19(17(16)2)24-21(28)15-26(3)23(30)20-12-13-22(29)27(25-20)14-18-9-5-4-6-10-18/h4-13H,14-15H2,1-3H3,(H,24,28). The molecule has 0 aliphatic rings. The van der Waals surface area contributed by atoms with Gasteiger partial charge >= 0.3 is 0 Å². The number of nitrogens with zero attached hydrogens (tertiary/aromatic N) is 3. The van der Waals surface area contributed by atoms with Gasteiger partial charge in [-0.15, -0.1) is 0 Å². The summed E-state index contributed by atoms with van der Waals surface area (Å²) in [6, 6.07) is 17.7. The Labute approximate surface area is 175 Å². The highest BCUT2D eigenvalue weighted by atomic mass is 16.2. The molecule has 0 fully saturated rings. The lowest BCUT2D eigenvalue weighted by Crippen LogP contribution is -2.36. The summed E-state index contributed by atoms with van der Waals surface area (Å²) in [5, 5.41) is 7.02. The van der Waals surface area contributed by atoms with Crippen molar-refractivity contribution < 1.29 is 9.59 Å². The van der Waals surface area contributed by atoms with Gasteiger partial charge in [0, 0.05) is 18.8 Å². The van der Waals surface area contributed by atoms with Crippen LogP contribution < -0.4 is 10.9 Å². The van der Waals surface area contributed by atoms with E-state index in [1.165, 1.54) is 28.8 Å². The second-order valence-corrected chi connectivity index (χ2v) is 7.16. The molecule has 0 aliphatic carbocycles. The van der Waals surface area contributed by atoms with Crippen LogP contribution in [0.15, 0.2) is 65.5 Å². The highest BCUT2D eigenvalue weighted by molar-refractivity contribution is 5.98. The van der Waals surface area contributed by atoms with Crippen molar-refractivity contribution in [2.75, 3.05) is 18.9 Å². The van der Waals surface area contributed by atoms with Crippen LogP contribution in [0.1, 0.15) is 27.2 Å². The molecule has 0 saturated heterocycles. The highest BCUT2D eigenvalue weighted by Gasteiger charge is 2.18. The lowest BCUT2D eigenvalue weighted by Gasteiger charge is -2.17. The minimum absolute atomic E-state index is 0.104. The predicted octanol–water partition coefficient (Wildman–Crippen LogP) is 2.62. The third-order valence-electron chi connectivity index (χ3n) is 4.87. The van der Waals surface area contributed by atoms with Crippen LogP contribution in [0, 0.1) is 13.8 Å². The number of hydrogen-bond acceptors (Lipinski definition) is 4. The minimum Gasteiger partial charge on any atom is -0.331 e. The van der Waals surface area contributed by atoms with Crippen LogP contribution in [0.5, 0.6) is 0 Å². The molecule has 0 bridgehead atoms. The van der Waals surface area contributed by atoms with Crippen molar-refractivity contribution in [1.82, 2.24) is 14.7 Å². The van der Waals surface area contributed by atoms with Crippen molar-refractivity contribution in [3.05, 3.63) is 93.4 Å². The van der Waals surface area contributed by atoms with E-state index in [2.05, 4.69) is 10.4 Å². The molecule has 2 aromatic carbocycles. The van der Waals surface area contributed by atoms with Crippen LogP contribution in [-0.2, 0) is 11.3 Å². The Morgan fingerprint density at radius 2 is 1.73 bits per heavy atom. The first kappa shape index (κ1) is 21.0. The van der Waals surface area contributed by atoms with Gasteiger partial charge in [0.2, 0.25) is 5.91 Å². The fourth-order valence-electron chi connectivity index (χ4n) is 2.99. The van der Waals surface area contributed by atoms with E-state index in [4.69, 9.17) is 0 Å². The molecule has 0 spiro atoms. The lowest BCUT2D eigenvalue weighted by molar-refractivity contribution is -0.116. The normalized spacial score (nSPS) is 10.5. The summed E-state index contributed by atoms with van der Waals surface area (Å²) < 4.78 is 1.24. The number of carbonyl (C=O) groups excluding carboxylic acids is 2. The first-order valence-corrected chi connectivity index (χ1v) is 9.59. The van der Waals surface area contributed by atoms with Gasteiger partial charge in [0.25, 0.3) is 11.5 Å². The van der Waals surface area contributed by atoms with E-state index in [1.807, 2.05) is 62.4 Å². The summed E-state index contributed by atoms with van der Waals surface area (Å²) in [5.74, 6) is -0.745. The number of aryl methyl sites for hydroxylation is 1. The number of benzene rings is 2. The Bertz CT molecular complexity index is 1120. The number of carbonyl (C=O) groups is 2. The summed E-state index contributed by atoms with van der Waals surface area (Å²) >= 11 is 0. The van der Waals surface area contributed by atoms with Crippen molar-refractivity contribution in [2.45, 2.75) is 20.4 Å². The molecule has 0 atom stereocenters. The number of amides is 2. The minimum atomic E-state index is -0.437. The number of aromatic nitrogens is 2. The van der Waals surface area contributed by atoms with Crippen molar-refractivity contribution in [3.8, 4) is 0 Å². The molecule has 7 nitrogen and oxygen atoms in total. The van der Waals surface area contributed by atoms with E-state index in [-0.39, 0.29) is 30.2 Å². The van der Waals surface area contributed by atoms with Crippen LogP contribution in [0.25, 0.3) is 0 Å². The molecule has 1 heterocycles. The quantitative estimate of drug-likeness (QED) is 0.685. The SMILES string of the molecule is Cc1cccc(NC(=O)CN(C)C(=O)c2ccc(=O)n(Cc3ccccc3)n2)c1C. The second-order valence-electron chi connectivity index (χ2n) is 7.16. The van der Waals surface area contributed by atoms with Crippen LogP contribution in [0.4, 0.5) is 5.69 Å². The van der Waals surface area contributed by atoms with Gasteiger partial charge in [0.05, 0.1) is 13.1 Å². The average Bonchev–Trinajstić information content (AvgIpc) is 2.73. The molecule has 0 saturated carbocycles. The zero-order valence-corrected chi connectivity index (χ0v) is 17.3. The van der Waals surface area contributed by atoms with Gasteiger partial charge in [-0.2, -0.15) is 5.10 Å². The zero-order chi connectivity index (χ0) is 21.7. The molecule has 0 unspecified atom stereocenters. The zero-order valence-electron chi connectivity index (χ0n) is 17.3. The van der Waals surface area contributed by atoms with Gasteiger partial charge < -0.3 is 10.2 Å². The summed E-state index contributed by atoms with van der Waals surface area (Å²) in [4.78, 5) is 38.5. The third kappa shape index (κ3) is 5.00. The molecule has 3 aromatic rings. The fraction of sp³-hybridized carbons (Fsp3) is 0.217. The van der Waals surface area contributed by atoms with Crippen LogP contribution in [0.2, 0.25) is 0 Å². The molecule has 2 amide bonds. The Balaban J connectivity index is 1.69. The van der Waals surface area contributed by atoms with E-state index < -0.39 is 5.91 Å². The number of anilines is 1. The Morgan fingerprint density at radius 3 is 2.47 bits per heavy atom. The third-order valence-corrected chi connectivity index (χ3v) is 4.87. The lowest BCUT2D eigenvalue weighted by atomic mass is 10.1. The first-order chi connectivity index (χ1) is 14.3. The number of rotatable bonds is 6. The van der Waals surface area contributed by atoms with Crippen molar-refractivity contribution >= 4 is 17.5 Å². The van der Waals surface area contributed by atoms with Crippen molar-refractivity contribution in [3.63, 3.8) is 0 Å². The van der Waals surface area contributed by atoms with Crippen molar-refractivity contribution in [1.29, 1.82) is 0 Å².